The molecule has 0 saturated heterocycles. The first-order valence-corrected chi connectivity index (χ1v) is 5.07. The number of nitriles is 1. The highest BCUT2D eigenvalue weighted by atomic mass is 35.5. The number of nitrogens with zero attached hydrogens (tertiary/aromatic N) is 1. The number of hydrogen-bond donors (Lipinski definition) is 0. The summed E-state index contributed by atoms with van der Waals surface area (Å²) in [5.41, 5.74) is 0.919. The normalized spacial score (nSPS) is 28.1. The fraction of sp³-hybridized carbons (Fsp3) is 0.417. The second-order valence-electron chi connectivity index (χ2n) is 4.58. The summed E-state index contributed by atoms with van der Waals surface area (Å²) in [6.07, 6.45) is 0.943. The maximum absolute atomic E-state index is 9.23. The van der Waals surface area contributed by atoms with Crippen molar-refractivity contribution in [1.82, 2.24) is 0 Å². The van der Waals surface area contributed by atoms with Crippen molar-refractivity contribution in [2.75, 3.05) is 0 Å². The molecule has 1 saturated carbocycles. The van der Waals surface area contributed by atoms with Crippen LogP contribution in [0.1, 0.15) is 25.8 Å². The van der Waals surface area contributed by atoms with E-state index in [1.165, 1.54) is 0 Å². The molecule has 1 aliphatic carbocycles. The average molecular weight is 206 g/mol. The topological polar surface area (TPSA) is 23.8 Å². The first-order chi connectivity index (χ1) is 6.52. The van der Waals surface area contributed by atoms with E-state index in [0.29, 0.717) is 0 Å². The molecule has 2 heteroatoms. The van der Waals surface area contributed by atoms with E-state index in [4.69, 9.17) is 11.6 Å². The molecule has 1 atom stereocenters. The number of benzene rings is 1. The maximum atomic E-state index is 9.23. The minimum absolute atomic E-state index is 0.107. The van der Waals surface area contributed by atoms with E-state index in [0.717, 1.165) is 17.0 Å². The van der Waals surface area contributed by atoms with Gasteiger partial charge in [-0.2, -0.15) is 5.26 Å². The molecule has 1 aliphatic rings. The van der Waals surface area contributed by atoms with Crippen molar-refractivity contribution in [1.29, 1.82) is 5.26 Å². The van der Waals surface area contributed by atoms with Crippen molar-refractivity contribution < 1.29 is 0 Å². The van der Waals surface area contributed by atoms with Crippen LogP contribution in [0, 0.1) is 16.7 Å². The summed E-state index contributed by atoms with van der Waals surface area (Å²) in [7, 11) is 0. The lowest BCUT2D eigenvalue weighted by molar-refractivity contribution is 0.570. The third kappa shape index (κ3) is 1.14. The Kier molecular flexibility index (Phi) is 1.87. The quantitative estimate of drug-likeness (QED) is 0.688. The van der Waals surface area contributed by atoms with Crippen LogP contribution in [0.25, 0.3) is 0 Å². The van der Waals surface area contributed by atoms with E-state index >= 15 is 0 Å². The highest BCUT2D eigenvalue weighted by Gasteiger charge is 2.62. The number of halogens is 1. The van der Waals surface area contributed by atoms with Gasteiger partial charge in [0.15, 0.2) is 0 Å². The highest BCUT2D eigenvalue weighted by Crippen LogP contribution is 2.63. The van der Waals surface area contributed by atoms with E-state index in [2.05, 4.69) is 19.9 Å². The molecule has 1 unspecified atom stereocenters. The van der Waals surface area contributed by atoms with Crippen LogP contribution in [0.4, 0.5) is 0 Å². The molecular formula is C12H12ClN. The first-order valence-electron chi connectivity index (χ1n) is 4.69. The fourth-order valence-electron chi connectivity index (χ4n) is 2.10. The smallest absolute Gasteiger partial charge is 0.0879 e. The van der Waals surface area contributed by atoms with Gasteiger partial charge in [-0.05, 0) is 29.5 Å². The van der Waals surface area contributed by atoms with Gasteiger partial charge in [-0.25, -0.2) is 0 Å². The second kappa shape index (κ2) is 2.74. The molecule has 2 rings (SSSR count). The zero-order chi connectivity index (χ0) is 10.4. The molecule has 0 N–H and O–H groups in total. The molecular weight excluding hydrogens is 194 g/mol. The molecule has 0 bridgehead atoms. The van der Waals surface area contributed by atoms with Gasteiger partial charge in [0.05, 0.1) is 11.5 Å². The van der Waals surface area contributed by atoms with Gasteiger partial charge in [-0.15, -0.1) is 0 Å². The molecule has 72 valence electrons. The van der Waals surface area contributed by atoms with Crippen LogP contribution in [-0.2, 0) is 5.41 Å². The highest BCUT2D eigenvalue weighted by molar-refractivity contribution is 6.30. The van der Waals surface area contributed by atoms with Crippen molar-refractivity contribution in [2.24, 2.45) is 5.41 Å². The van der Waals surface area contributed by atoms with Crippen molar-refractivity contribution in [3.8, 4) is 6.07 Å². The molecule has 0 radical (unpaired) electrons. The molecule has 0 amide bonds. The molecule has 1 nitrogen and oxygen atoms in total. The summed E-state index contributed by atoms with van der Waals surface area (Å²) in [6.45, 7) is 4.26. The Bertz CT molecular complexity index is 399. The predicted molar refractivity (Wildman–Crippen MR) is 57.1 cm³/mol. The third-order valence-corrected chi connectivity index (χ3v) is 3.52. The lowest BCUT2D eigenvalue weighted by Gasteiger charge is -2.12. The SMILES string of the molecule is CC1(C)CC1(C#N)c1ccc(Cl)cc1. The second-order valence-corrected chi connectivity index (χ2v) is 5.02. The van der Waals surface area contributed by atoms with E-state index in [9.17, 15) is 5.26 Å². The zero-order valence-corrected chi connectivity index (χ0v) is 9.10. The van der Waals surface area contributed by atoms with Crippen LogP contribution in [0.2, 0.25) is 5.02 Å². The summed E-state index contributed by atoms with van der Waals surface area (Å²) in [5.74, 6) is 0. The number of hydrogen-bond acceptors (Lipinski definition) is 1. The van der Waals surface area contributed by atoms with Crippen LogP contribution in [0.15, 0.2) is 24.3 Å². The molecule has 1 aromatic carbocycles. The molecule has 0 heterocycles. The monoisotopic (exact) mass is 205 g/mol. The van der Waals surface area contributed by atoms with Gasteiger partial charge in [-0.3, -0.25) is 0 Å². The van der Waals surface area contributed by atoms with Gasteiger partial charge >= 0.3 is 0 Å². The lowest BCUT2D eigenvalue weighted by Crippen LogP contribution is -2.11. The Balaban J connectivity index is 2.42. The molecule has 14 heavy (non-hydrogen) atoms. The van der Waals surface area contributed by atoms with Crippen LogP contribution >= 0.6 is 11.6 Å². The van der Waals surface area contributed by atoms with Crippen LogP contribution in [-0.4, -0.2) is 0 Å². The Labute approximate surface area is 89.3 Å². The summed E-state index contributed by atoms with van der Waals surface area (Å²) in [5, 5.41) is 9.95. The largest absolute Gasteiger partial charge is 0.197 e. The predicted octanol–water partition coefficient (Wildman–Crippen LogP) is 3.53. The lowest BCUT2D eigenvalue weighted by atomic mass is 9.89. The van der Waals surface area contributed by atoms with Crippen molar-refractivity contribution in [3.05, 3.63) is 34.9 Å². The van der Waals surface area contributed by atoms with Gasteiger partial charge in [0.1, 0.15) is 0 Å². The molecule has 1 fully saturated rings. The number of rotatable bonds is 1. The van der Waals surface area contributed by atoms with Gasteiger partial charge in [0, 0.05) is 5.02 Å². The van der Waals surface area contributed by atoms with Crippen LogP contribution < -0.4 is 0 Å². The maximum Gasteiger partial charge on any atom is 0.0879 e. The van der Waals surface area contributed by atoms with E-state index in [1.54, 1.807) is 0 Å². The zero-order valence-electron chi connectivity index (χ0n) is 8.34. The van der Waals surface area contributed by atoms with E-state index < -0.39 is 0 Å². The Morgan fingerprint density at radius 3 is 2.14 bits per heavy atom. The van der Waals surface area contributed by atoms with Gasteiger partial charge < -0.3 is 0 Å². The summed E-state index contributed by atoms with van der Waals surface area (Å²) < 4.78 is 0. The summed E-state index contributed by atoms with van der Waals surface area (Å²) in [6, 6.07) is 10.1. The van der Waals surface area contributed by atoms with Gasteiger partial charge in [0.25, 0.3) is 0 Å². The Morgan fingerprint density at radius 1 is 1.29 bits per heavy atom. The molecule has 0 spiro atoms. The van der Waals surface area contributed by atoms with Crippen molar-refractivity contribution in [3.63, 3.8) is 0 Å². The minimum atomic E-state index is -0.280. The fourth-order valence-corrected chi connectivity index (χ4v) is 2.23. The van der Waals surface area contributed by atoms with Crippen molar-refractivity contribution >= 4 is 11.6 Å². The minimum Gasteiger partial charge on any atom is -0.197 e. The average Bonchev–Trinajstić information content (AvgIpc) is 2.71. The summed E-state index contributed by atoms with van der Waals surface area (Å²) >= 11 is 5.81. The van der Waals surface area contributed by atoms with Gasteiger partial charge in [-0.1, -0.05) is 37.6 Å². The molecule has 0 aliphatic heterocycles. The van der Waals surface area contributed by atoms with Crippen LogP contribution in [0.3, 0.4) is 0 Å². The Morgan fingerprint density at radius 2 is 1.79 bits per heavy atom. The molecule has 1 aromatic rings. The molecule has 0 aromatic heterocycles. The van der Waals surface area contributed by atoms with Crippen LogP contribution in [0.5, 0.6) is 0 Å². The Hall–Kier alpha value is -1.00. The standard InChI is InChI=1S/C12H12ClN/c1-11(2)7-12(11,8-14)9-3-5-10(13)6-4-9/h3-6H,7H2,1-2H3. The van der Waals surface area contributed by atoms with E-state index in [1.807, 2.05) is 24.3 Å². The first kappa shape index (κ1) is 9.55. The van der Waals surface area contributed by atoms with Gasteiger partial charge in [0.2, 0.25) is 0 Å². The van der Waals surface area contributed by atoms with E-state index in [-0.39, 0.29) is 10.8 Å². The summed E-state index contributed by atoms with van der Waals surface area (Å²) in [4.78, 5) is 0. The van der Waals surface area contributed by atoms with Crippen molar-refractivity contribution in [2.45, 2.75) is 25.7 Å². The third-order valence-electron chi connectivity index (χ3n) is 3.27.